The summed E-state index contributed by atoms with van der Waals surface area (Å²) in [6, 6.07) is 4.62. The molecular weight excluding hydrogens is 232 g/mol. The summed E-state index contributed by atoms with van der Waals surface area (Å²) in [5.74, 6) is 0.247. The van der Waals surface area contributed by atoms with Crippen molar-refractivity contribution in [2.24, 2.45) is 5.73 Å². The van der Waals surface area contributed by atoms with Crippen LogP contribution in [0.4, 0.5) is 0 Å². The van der Waals surface area contributed by atoms with E-state index in [0.29, 0.717) is 18.7 Å². The minimum absolute atomic E-state index is 0.0409. The van der Waals surface area contributed by atoms with E-state index in [2.05, 4.69) is 0 Å². The van der Waals surface area contributed by atoms with Crippen molar-refractivity contribution in [2.75, 3.05) is 20.7 Å². The fraction of sp³-hybridized carbons (Fsp3) is 0.462. The zero-order chi connectivity index (χ0) is 13.7. The van der Waals surface area contributed by atoms with Gasteiger partial charge in [-0.25, -0.2) is 0 Å². The van der Waals surface area contributed by atoms with E-state index >= 15 is 0 Å². The van der Waals surface area contributed by atoms with Gasteiger partial charge in [-0.15, -0.1) is 0 Å². The van der Waals surface area contributed by atoms with Gasteiger partial charge in [0.15, 0.2) is 0 Å². The molecule has 0 fully saturated rings. The number of amides is 1. The smallest absolute Gasteiger partial charge is 0.257 e. The van der Waals surface area contributed by atoms with Crippen LogP contribution in [0.5, 0.6) is 11.5 Å². The molecule has 0 saturated carbocycles. The lowest BCUT2D eigenvalue weighted by atomic mass is 10.1. The Morgan fingerprint density at radius 2 is 2.22 bits per heavy atom. The second-order valence-electron chi connectivity index (χ2n) is 4.38. The molecule has 0 aliphatic rings. The second kappa shape index (κ2) is 6.26. The van der Waals surface area contributed by atoms with Gasteiger partial charge in [0.1, 0.15) is 11.5 Å². The minimum atomic E-state index is -0.243. The highest BCUT2D eigenvalue weighted by Gasteiger charge is 2.16. The van der Waals surface area contributed by atoms with Crippen molar-refractivity contribution in [1.82, 2.24) is 4.90 Å². The summed E-state index contributed by atoms with van der Waals surface area (Å²) >= 11 is 0. The first-order valence-electron chi connectivity index (χ1n) is 5.83. The SMILES string of the molecule is COc1ccc(O)c(C(=O)N(C)CCC(C)N)c1. The number of nitrogens with two attached hydrogens (primary N) is 1. The van der Waals surface area contributed by atoms with Crippen molar-refractivity contribution in [3.63, 3.8) is 0 Å². The molecule has 5 nitrogen and oxygen atoms in total. The van der Waals surface area contributed by atoms with E-state index in [9.17, 15) is 9.90 Å². The van der Waals surface area contributed by atoms with E-state index in [4.69, 9.17) is 10.5 Å². The van der Waals surface area contributed by atoms with E-state index in [1.165, 1.54) is 24.1 Å². The predicted molar refractivity (Wildman–Crippen MR) is 69.9 cm³/mol. The molecule has 1 atom stereocenters. The van der Waals surface area contributed by atoms with Crippen LogP contribution >= 0.6 is 0 Å². The summed E-state index contributed by atoms with van der Waals surface area (Å²) < 4.78 is 5.04. The average Bonchev–Trinajstić information content (AvgIpc) is 2.35. The van der Waals surface area contributed by atoms with Crippen LogP contribution in [0.3, 0.4) is 0 Å². The number of phenols is 1. The van der Waals surface area contributed by atoms with E-state index in [0.717, 1.165) is 0 Å². The van der Waals surface area contributed by atoms with Crippen molar-refractivity contribution >= 4 is 5.91 Å². The first kappa shape index (κ1) is 14.3. The number of rotatable bonds is 5. The molecule has 1 amide bonds. The van der Waals surface area contributed by atoms with Crippen LogP contribution in [0.25, 0.3) is 0 Å². The molecule has 1 rings (SSSR count). The molecule has 18 heavy (non-hydrogen) atoms. The van der Waals surface area contributed by atoms with Crippen molar-refractivity contribution in [3.05, 3.63) is 23.8 Å². The number of benzene rings is 1. The number of methoxy groups -OCH3 is 1. The molecule has 0 saturated heterocycles. The maximum Gasteiger partial charge on any atom is 0.257 e. The van der Waals surface area contributed by atoms with Crippen LogP contribution in [0.1, 0.15) is 23.7 Å². The zero-order valence-electron chi connectivity index (χ0n) is 11.0. The first-order valence-corrected chi connectivity index (χ1v) is 5.83. The lowest BCUT2D eigenvalue weighted by Crippen LogP contribution is -2.31. The Bertz CT molecular complexity index is 419. The van der Waals surface area contributed by atoms with Crippen molar-refractivity contribution < 1.29 is 14.6 Å². The van der Waals surface area contributed by atoms with Crippen LogP contribution in [0.2, 0.25) is 0 Å². The summed E-state index contributed by atoms with van der Waals surface area (Å²) in [4.78, 5) is 13.7. The number of hydrogen-bond acceptors (Lipinski definition) is 4. The molecule has 0 spiro atoms. The van der Waals surface area contributed by atoms with Gasteiger partial charge < -0.3 is 20.5 Å². The quantitative estimate of drug-likeness (QED) is 0.826. The largest absolute Gasteiger partial charge is 0.507 e. The van der Waals surface area contributed by atoms with Gasteiger partial charge in [0, 0.05) is 19.6 Å². The molecule has 0 heterocycles. The normalized spacial score (nSPS) is 12.0. The standard InChI is InChI=1S/C13H20N2O3/c1-9(14)6-7-15(2)13(17)11-8-10(18-3)4-5-12(11)16/h4-5,8-9,16H,6-7,14H2,1-3H3. The van der Waals surface area contributed by atoms with Gasteiger partial charge in [-0.05, 0) is 31.5 Å². The summed E-state index contributed by atoms with van der Waals surface area (Å²) in [5.41, 5.74) is 5.89. The van der Waals surface area contributed by atoms with Crippen LogP contribution in [0, 0.1) is 0 Å². The Labute approximate surface area is 107 Å². The highest BCUT2D eigenvalue weighted by molar-refractivity contribution is 5.97. The molecule has 100 valence electrons. The Hall–Kier alpha value is -1.75. The Morgan fingerprint density at radius 3 is 2.78 bits per heavy atom. The zero-order valence-corrected chi connectivity index (χ0v) is 11.0. The molecule has 0 aliphatic carbocycles. The second-order valence-corrected chi connectivity index (χ2v) is 4.38. The fourth-order valence-electron chi connectivity index (χ4n) is 1.52. The van der Waals surface area contributed by atoms with Crippen molar-refractivity contribution in [1.29, 1.82) is 0 Å². The minimum Gasteiger partial charge on any atom is -0.507 e. The lowest BCUT2D eigenvalue weighted by Gasteiger charge is -2.19. The van der Waals surface area contributed by atoms with Crippen LogP contribution in [0.15, 0.2) is 18.2 Å². The van der Waals surface area contributed by atoms with Crippen molar-refractivity contribution in [2.45, 2.75) is 19.4 Å². The molecule has 0 radical (unpaired) electrons. The highest BCUT2D eigenvalue weighted by Crippen LogP contribution is 2.23. The molecule has 5 heteroatoms. The highest BCUT2D eigenvalue weighted by atomic mass is 16.5. The van der Waals surface area contributed by atoms with Gasteiger partial charge in [-0.3, -0.25) is 4.79 Å². The van der Waals surface area contributed by atoms with E-state index in [1.807, 2.05) is 6.92 Å². The van der Waals surface area contributed by atoms with Gasteiger partial charge in [0.05, 0.1) is 12.7 Å². The maximum atomic E-state index is 12.1. The first-order chi connectivity index (χ1) is 8.45. The molecule has 1 unspecified atom stereocenters. The third kappa shape index (κ3) is 3.63. The summed E-state index contributed by atoms with van der Waals surface area (Å²) in [6.07, 6.45) is 0.715. The maximum absolute atomic E-state index is 12.1. The molecule has 0 bridgehead atoms. The summed E-state index contributed by atoms with van der Waals surface area (Å²) in [7, 11) is 3.20. The van der Waals surface area contributed by atoms with Gasteiger partial charge >= 0.3 is 0 Å². The molecule has 0 aromatic heterocycles. The van der Waals surface area contributed by atoms with Gasteiger partial charge in [-0.1, -0.05) is 0 Å². The van der Waals surface area contributed by atoms with Gasteiger partial charge in [0.2, 0.25) is 0 Å². The van der Waals surface area contributed by atoms with E-state index in [1.54, 1.807) is 13.1 Å². The van der Waals surface area contributed by atoms with E-state index in [-0.39, 0.29) is 23.3 Å². The average molecular weight is 252 g/mol. The molecule has 0 aliphatic heterocycles. The predicted octanol–water partition coefficient (Wildman–Crippen LogP) is 1.21. The van der Waals surface area contributed by atoms with E-state index < -0.39 is 0 Å². The number of carbonyl (C=O) groups is 1. The number of carbonyl (C=O) groups excluding carboxylic acids is 1. The third-order valence-electron chi connectivity index (χ3n) is 2.70. The fourth-order valence-corrected chi connectivity index (χ4v) is 1.52. The van der Waals surface area contributed by atoms with Gasteiger partial charge in [0.25, 0.3) is 5.91 Å². The third-order valence-corrected chi connectivity index (χ3v) is 2.70. The summed E-state index contributed by atoms with van der Waals surface area (Å²) in [6.45, 7) is 2.44. The number of phenolic OH excluding ortho intramolecular Hbond substituents is 1. The van der Waals surface area contributed by atoms with Crippen LogP contribution in [-0.4, -0.2) is 42.7 Å². The Morgan fingerprint density at radius 1 is 1.56 bits per heavy atom. The van der Waals surface area contributed by atoms with Gasteiger partial charge in [-0.2, -0.15) is 0 Å². The molecule has 1 aromatic carbocycles. The van der Waals surface area contributed by atoms with Crippen LogP contribution < -0.4 is 10.5 Å². The number of nitrogens with zero attached hydrogens (tertiary/aromatic N) is 1. The van der Waals surface area contributed by atoms with Crippen LogP contribution in [-0.2, 0) is 0 Å². The van der Waals surface area contributed by atoms with Crippen molar-refractivity contribution in [3.8, 4) is 11.5 Å². The molecule has 3 N–H and O–H groups in total. The topological polar surface area (TPSA) is 75.8 Å². The molecular formula is C13H20N2O3. The Balaban J connectivity index is 2.82. The number of aromatic hydroxyl groups is 1. The number of ether oxygens (including phenoxy) is 1. The number of hydrogen-bond donors (Lipinski definition) is 2. The summed E-state index contributed by atoms with van der Waals surface area (Å²) in [5, 5.41) is 9.70. The monoisotopic (exact) mass is 252 g/mol. The Kier molecular flexibility index (Phi) is 4.97. The molecule has 1 aromatic rings. The lowest BCUT2D eigenvalue weighted by molar-refractivity contribution is 0.0788.